The minimum absolute atomic E-state index is 0.486. The lowest BCUT2D eigenvalue weighted by Gasteiger charge is -1.99. The molecule has 0 aliphatic rings. The van der Waals surface area contributed by atoms with Gasteiger partial charge in [-0.3, -0.25) is 0 Å². The van der Waals surface area contributed by atoms with Crippen molar-refractivity contribution in [1.29, 1.82) is 0 Å². The van der Waals surface area contributed by atoms with Gasteiger partial charge in [0.05, 0.1) is 4.88 Å². The Morgan fingerprint density at radius 2 is 2.29 bits per heavy atom. The van der Waals surface area contributed by atoms with E-state index in [9.17, 15) is 0 Å². The van der Waals surface area contributed by atoms with Crippen LogP contribution in [0.1, 0.15) is 4.88 Å². The molecule has 0 spiro atoms. The molecule has 72 valence electrons. The van der Waals surface area contributed by atoms with Gasteiger partial charge in [-0.2, -0.15) is 0 Å². The second-order valence-corrected chi connectivity index (χ2v) is 4.51. The highest BCUT2D eigenvalue weighted by Crippen LogP contribution is 2.25. The summed E-state index contributed by atoms with van der Waals surface area (Å²) in [7, 11) is 0. The van der Waals surface area contributed by atoms with E-state index >= 15 is 0 Å². The summed E-state index contributed by atoms with van der Waals surface area (Å²) < 4.78 is 4.93. The maximum atomic E-state index is 5.59. The van der Waals surface area contributed by atoms with Crippen molar-refractivity contribution in [2.24, 2.45) is 5.73 Å². The van der Waals surface area contributed by atoms with E-state index in [-0.39, 0.29) is 0 Å². The minimum atomic E-state index is 0.486. The SMILES string of the molecule is NCc1snnc1-c1cccc(Br)c1. The quantitative estimate of drug-likeness (QED) is 0.911. The molecule has 2 aromatic rings. The monoisotopic (exact) mass is 269 g/mol. The lowest BCUT2D eigenvalue weighted by molar-refractivity contribution is 1.08. The topological polar surface area (TPSA) is 51.8 Å². The number of benzene rings is 1. The first-order valence-corrected chi connectivity index (χ1v) is 5.65. The first-order valence-electron chi connectivity index (χ1n) is 4.08. The van der Waals surface area contributed by atoms with Crippen molar-refractivity contribution < 1.29 is 0 Å². The summed E-state index contributed by atoms with van der Waals surface area (Å²) in [5.74, 6) is 0. The maximum absolute atomic E-state index is 5.59. The van der Waals surface area contributed by atoms with Gasteiger partial charge in [-0.25, -0.2) is 0 Å². The van der Waals surface area contributed by atoms with Crippen molar-refractivity contribution in [2.75, 3.05) is 0 Å². The van der Waals surface area contributed by atoms with Crippen molar-refractivity contribution in [3.05, 3.63) is 33.6 Å². The standard InChI is InChI=1S/C9H8BrN3S/c10-7-3-1-2-6(4-7)9-8(5-11)14-13-12-9/h1-4H,5,11H2. The van der Waals surface area contributed by atoms with Gasteiger partial charge in [0, 0.05) is 16.6 Å². The molecule has 0 amide bonds. The van der Waals surface area contributed by atoms with Crippen molar-refractivity contribution in [3.63, 3.8) is 0 Å². The third-order valence-electron chi connectivity index (χ3n) is 1.84. The number of halogens is 1. The molecule has 0 aliphatic carbocycles. The van der Waals surface area contributed by atoms with Crippen molar-refractivity contribution >= 4 is 27.5 Å². The van der Waals surface area contributed by atoms with E-state index in [0.717, 1.165) is 20.6 Å². The van der Waals surface area contributed by atoms with Crippen LogP contribution in [0.3, 0.4) is 0 Å². The number of hydrogen-bond donors (Lipinski definition) is 1. The third kappa shape index (κ3) is 1.84. The van der Waals surface area contributed by atoms with Crippen LogP contribution >= 0.6 is 27.5 Å². The molecule has 1 aromatic heterocycles. The Balaban J connectivity index is 2.49. The summed E-state index contributed by atoms with van der Waals surface area (Å²) in [4.78, 5) is 1.02. The Bertz CT molecular complexity index is 441. The molecule has 0 atom stereocenters. The number of nitrogens with zero attached hydrogens (tertiary/aromatic N) is 2. The van der Waals surface area contributed by atoms with Crippen molar-refractivity contribution in [3.8, 4) is 11.3 Å². The molecule has 1 aromatic carbocycles. The van der Waals surface area contributed by atoms with E-state index in [1.54, 1.807) is 0 Å². The molecule has 14 heavy (non-hydrogen) atoms. The van der Waals surface area contributed by atoms with Gasteiger partial charge in [0.2, 0.25) is 0 Å². The molecule has 0 bridgehead atoms. The van der Waals surface area contributed by atoms with Gasteiger partial charge in [0.1, 0.15) is 5.69 Å². The molecule has 0 fully saturated rings. The van der Waals surface area contributed by atoms with Gasteiger partial charge in [-0.15, -0.1) is 5.10 Å². The highest BCUT2D eigenvalue weighted by atomic mass is 79.9. The number of rotatable bonds is 2. The van der Waals surface area contributed by atoms with Crippen LogP contribution in [0.5, 0.6) is 0 Å². The van der Waals surface area contributed by atoms with Crippen LogP contribution in [0.4, 0.5) is 0 Å². The Labute approximate surface area is 94.3 Å². The molecule has 0 saturated carbocycles. The van der Waals surface area contributed by atoms with Gasteiger partial charge < -0.3 is 5.73 Å². The summed E-state index contributed by atoms with van der Waals surface area (Å²) in [5.41, 5.74) is 7.53. The second kappa shape index (κ2) is 4.16. The summed E-state index contributed by atoms with van der Waals surface area (Å²) in [6.45, 7) is 0.486. The summed E-state index contributed by atoms with van der Waals surface area (Å²) in [5, 5.41) is 4.07. The zero-order chi connectivity index (χ0) is 9.97. The minimum Gasteiger partial charge on any atom is -0.326 e. The highest BCUT2D eigenvalue weighted by molar-refractivity contribution is 9.10. The Morgan fingerprint density at radius 1 is 1.43 bits per heavy atom. The van der Waals surface area contributed by atoms with Gasteiger partial charge in [0.25, 0.3) is 0 Å². The van der Waals surface area contributed by atoms with Gasteiger partial charge >= 0.3 is 0 Å². The van der Waals surface area contributed by atoms with Crippen LogP contribution in [0.2, 0.25) is 0 Å². The number of aromatic nitrogens is 2. The average molecular weight is 270 g/mol. The van der Waals surface area contributed by atoms with Crippen LogP contribution in [0, 0.1) is 0 Å². The Morgan fingerprint density at radius 3 is 3.00 bits per heavy atom. The molecule has 0 aliphatic heterocycles. The zero-order valence-corrected chi connectivity index (χ0v) is 9.68. The van der Waals surface area contributed by atoms with Crippen LogP contribution in [-0.4, -0.2) is 9.59 Å². The van der Waals surface area contributed by atoms with E-state index in [0.29, 0.717) is 6.54 Å². The highest BCUT2D eigenvalue weighted by Gasteiger charge is 2.08. The second-order valence-electron chi connectivity index (χ2n) is 2.76. The smallest absolute Gasteiger partial charge is 0.110 e. The third-order valence-corrected chi connectivity index (χ3v) is 3.08. The molecule has 2 N–H and O–H groups in total. The normalized spacial score (nSPS) is 10.4. The van der Waals surface area contributed by atoms with E-state index in [1.807, 2.05) is 24.3 Å². The molecule has 0 radical (unpaired) electrons. The van der Waals surface area contributed by atoms with E-state index in [1.165, 1.54) is 11.5 Å². The molecule has 2 rings (SSSR count). The molecule has 5 heteroatoms. The van der Waals surface area contributed by atoms with E-state index < -0.39 is 0 Å². The molecular weight excluding hydrogens is 262 g/mol. The van der Waals surface area contributed by atoms with Crippen LogP contribution in [0.15, 0.2) is 28.7 Å². The first-order chi connectivity index (χ1) is 6.81. The zero-order valence-electron chi connectivity index (χ0n) is 7.27. The van der Waals surface area contributed by atoms with Gasteiger partial charge in [-0.05, 0) is 23.7 Å². The Kier molecular flexibility index (Phi) is 2.90. The van der Waals surface area contributed by atoms with Crippen LogP contribution in [-0.2, 0) is 6.54 Å². The lowest BCUT2D eigenvalue weighted by Crippen LogP contribution is -1.95. The van der Waals surface area contributed by atoms with Crippen molar-refractivity contribution in [2.45, 2.75) is 6.54 Å². The van der Waals surface area contributed by atoms with Crippen LogP contribution < -0.4 is 5.73 Å². The average Bonchev–Trinajstić information content (AvgIpc) is 2.65. The fraction of sp³-hybridized carbons (Fsp3) is 0.111. The summed E-state index contributed by atoms with van der Waals surface area (Å²) in [6, 6.07) is 7.96. The summed E-state index contributed by atoms with van der Waals surface area (Å²) >= 11 is 4.77. The van der Waals surface area contributed by atoms with Crippen LogP contribution in [0.25, 0.3) is 11.3 Å². The first kappa shape index (κ1) is 9.76. The summed E-state index contributed by atoms with van der Waals surface area (Å²) in [6.07, 6.45) is 0. The fourth-order valence-corrected chi connectivity index (χ4v) is 2.14. The molecule has 0 saturated heterocycles. The predicted molar refractivity (Wildman–Crippen MR) is 60.9 cm³/mol. The molecule has 1 heterocycles. The molecule has 0 unspecified atom stereocenters. The van der Waals surface area contributed by atoms with Gasteiger partial charge in [0.15, 0.2) is 0 Å². The largest absolute Gasteiger partial charge is 0.326 e. The Hall–Kier alpha value is -0.780. The van der Waals surface area contributed by atoms with E-state index in [4.69, 9.17) is 5.73 Å². The van der Waals surface area contributed by atoms with E-state index in [2.05, 4.69) is 25.5 Å². The lowest BCUT2D eigenvalue weighted by atomic mass is 10.1. The number of nitrogens with two attached hydrogens (primary N) is 1. The number of hydrogen-bond acceptors (Lipinski definition) is 4. The predicted octanol–water partition coefficient (Wildman–Crippen LogP) is 2.43. The maximum Gasteiger partial charge on any atom is 0.110 e. The molecular formula is C9H8BrN3S. The fourth-order valence-electron chi connectivity index (χ4n) is 1.20. The van der Waals surface area contributed by atoms with Crippen molar-refractivity contribution in [1.82, 2.24) is 9.59 Å². The van der Waals surface area contributed by atoms with Gasteiger partial charge in [-0.1, -0.05) is 32.6 Å². The molecule has 3 nitrogen and oxygen atoms in total.